The number of carbonyl (C=O) groups excluding carboxylic acids is 1. The Bertz CT molecular complexity index is 1420. The van der Waals surface area contributed by atoms with E-state index in [1.165, 1.54) is 22.5 Å². The number of fused-ring (bicyclic) bond motifs is 1. The molecule has 170 valence electrons. The maximum absolute atomic E-state index is 12.7. The minimum atomic E-state index is -0.144. The molecule has 0 radical (unpaired) electrons. The van der Waals surface area contributed by atoms with Gasteiger partial charge in [-0.25, -0.2) is 4.68 Å². The van der Waals surface area contributed by atoms with E-state index in [9.17, 15) is 4.79 Å². The molecule has 1 N–H and O–H groups in total. The van der Waals surface area contributed by atoms with E-state index < -0.39 is 0 Å². The summed E-state index contributed by atoms with van der Waals surface area (Å²) in [4.78, 5) is 12.7. The third-order valence-corrected chi connectivity index (χ3v) is 6.33. The van der Waals surface area contributed by atoms with Gasteiger partial charge in [0.1, 0.15) is 17.9 Å². The maximum Gasteiger partial charge on any atom is 0.235 e. The van der Waals surface area contributed by atoms with Crippen LogP contribution < -0.4 is 10.1 Å². The Morgan fingerprint density at radius 2 is 1.85 bits per heavy atom. The van der Waals surface area contributed by atoms with Gasteiger partial charge in [0.15, 0.2) is 5.16 Å². The summed E-state index contributed by atoms with van der Waals surface area (Å²) in [6.45, 7) is 0.558. The number of nitrogens with zero attached hydrogens (tertiary/aromatic N) is 5. The van der Waals surface area contributed by atoms with Crippen LogP contribution in [0.3, 0.4) is 0 Å². The first kappa shape index (κ1) is 21.7. The topological polar surface area (TPSA) is 86.9 Å². The quantitative estimate of drug-likeness (QED) is 0.338. The zero-order valence-electron chi connectivity index (χ0n) is 18.5. The summed E-state index contributed by atoms with van der Waals surface area (Å²) in [5.41, 5.74) is 2.03. The molecular weight excluding hydrogens is 448 g/mol. The van der Waals surface area contributed by atoms with Crippen molar-refractivity contribution < 1.29 is 9.53 Å². The molecule has 0 saturated heterocycles. The van der Waals surface area contributed by atoms with Gasteiger partial charge in [-0.1, -0.05) is 54.2 Å². The predicted octanol–water partition coefficient (Wildman–Crippen LogP) is 4.40. The van der Waals surface area contributed by atoms with Crippen LogP contribution in [0.2, 0.25) is 0 Å². The summed E-state index contributed by atoms with van der Waals surface area (Å²) in [6, 6.07) is 23.8. The molecule has 0 aliphatic rings. The molecule has 5 rings (SSSR count). The van der Waals surface area contributed by atoms with Crippen molar-refractivity contribution in [3.63, 3.8) is 0 Å². The lowest BCUT2D eigenvalue weighted by atomic mass is 10.0. The molecule has 0 aliphatic carbocycles. The number of rotatable bonds is 8. The SMILES string of the molecule is COc1ccc(-n2cnnc2SCC(=O)Nc2ccnn2Cc2cccc3ccccc23)cc1. The Balaban J connectivity index is 1.25. The van der Waals surface area contributed by atoms with E-state index in [4.69, 9.17) is 4.74 Å². The van der Waals surface area contributed by atoms with Crippen LogP contribution in [0.15, 0.2) is 90.5 Å². The molecule has 8 nitrogen and oxygen atoms in total. The zero-order chi connectivity index (χ0) is 23.3. The van der Waals surface area contributed by atoms with Crippen molar-refractivity contribution in [2.24, 2.45) is 0 Å². The van der Waals surface area contributed by atoms with Crippen LogP contribution in [0.5, 0.6) is 5.75 Å². The number of methoxy groups -OCH3 is 1. The van der Waals surface area contributed by atoms with E-state index in [-0.39, 0.29) is 11.7 Å². The smallest absolute Gasteiger partial charge is 0.235 e. The molecule has 1 amide bonds. The van der Waals surface area contributed by atoms with Crippen LogP contribution >= 0.6 is 11.8 Å². The van der Waals surface area contributed by atoms with E-state index >= 15 is 0 Å². The van der Waals surface area contributed by atoms with Crippen molar-refractivity contribution >= 4 is 34.3 Å². The van der Waals surface area contributed by atoms with Gasteiger partial charge in [-0.05, 0) is 40.6 Å². The zero-order valence-corrected chi connectivity index (χ0v) is 19.3. The van der Waals surface area contributed by atoms with Gasteiger partial charge < -0.3 is 10.1 Å². The van der Waals surface area contributed by atoms with Crippen LogP contribution in [-0.4, -0.2) is 43.3 Å². The molecule has 0 fully saturated rings. The average molecular weight is 471 g/mol. The third kappa shape index (κ3) is 4.65. The number of hydrogen-bond acceptors (Lipinski definition) is 6. The highest BCUT2D eigenvalue weighted by Crippen LogP contribution is 2.23. The fourth-order valence-electron chi connectivity index (χ4n) is 3.71. The molecule has 0 unspecified atom stereocenters. The highest BCUT2D eigenvalue weighted by Gasteiger charge is 2.13. The highest BCUT2D eigenvalue weighted by atomic mass is 32.2. The molecule has 0 bridgehead atoms. The summed E-state index contributed by atoms with van der Waals surface area (Å²) in [6.07, 6.45) is 3.31. The van der Waals surface area contributed by atoms with Gasteiger partial charge in [0, 0.05) is 11.8 Å². The van der Waals surface area contributed by atoms with Gasteiger partial charge in [-0.3, -0.25) is 9.36 Å². The first-order chi connectivity index (χ1) is 16.7. The van der Waals surface area contributed by atoms with E-state index in [1.54, 1.807) is 30.4 Å². The summed E-state index contributed by atoms with van der Waals surface area (Å²) in [7, 11) is 1.63. The van der Waals surface area contributed by atoms with Gasteiger partial charge >= 0.3 is 0 Å². The largest absolute Gasteiger partial charge is 0.497 e. The van der Waals surface area contributed by atoms with E-state index in [2.05, 4.69) is 44.9 Å². The van der Waals surface area contributed by atoms with Gasteiger partial charge in [-0.15, -0.1) is 10.2 Å². The second-order valence-electron chi connectivity index (χ2n) is 7.53. The normalized spacial score (nSPS) is 11.0. The molecule has 0 spiro atoms. The molecule has 0 atom stereocenters. The number of amides is 1. The van der Waals surface area contributed by atoms with Crippen LogP contribution in [0, 0.1) is 0 Å². The van der Waals surface area contributed by atoms with Crippen LogP contribution in [0.1, 0.15) is 5.56 Å². The number of anilines is 1. The third-order valence-electron chi connectivity index (χ3n) is 5.38. The van der Waals surface area contributed by atoms with Crippen LogP contribution in [0.25, 0.3) is 16.5 Å². The van der Waals surface area contributed by atoms with Gasteiger partial charge in [0.25, 0.3) is 0 Å². The van der Waals surface area contributed by atoms with Crippen molar-refractivity contribution in [2.75, 3.05) is 18.2 Å². The van der Waals surface area contributed by atoms with Gasteiger partial charge in [0.2, 0.25) is 5.91 Å². The first-order valence-electron chi connectivity index (χ1n) is 10.7. The molecule has 5 aromatic rings. The molecule has 0 saturated carbocycles. The van der Waals surface area contributed by atoms with Crippen LogP contribution in [0.4, 0.5) is 5.82 Å². The number of benzene rings is 3. The number of hydrogen-bond donors (Lipinski definition) is 1. The standard InChI is InChI=1S/C25H22N6O2S/c1-33-21-11-9-20(10-12-21)30-17-26-29-25(30)34-16-24(32)28-23-13-14-27-31(23)15-19-7-4-6-18-5-2-3-8-22(18)19/h2-14,17H,15-16H2,1H3,(H,28,32). The fourth-order valence-corrected chi connectivity index (χ4v) is 4.44. The van der Waals surface area contributed by atoms with Crippen molar-refractivity contribution in [1.29, 1.82) is 0 Å². The molecule has 9 heteroatoms. The molecule has 3 aromatic carbocycles. The van der Waals surface area contributed by atoms with E-state index in [0.29, 0.717) is 17.5 Å². The summed E-state index contributed by atoms with van der Waals surface area (Å²) in [5.74, 6) is 1.46. The lowest BCUT2D eigenvalue weighted by Crippen LogP contribution is -2.18. The van der Waals surface area contributed by atoms with Crippen molar-refractivity contribution in [2.45, 2.75) is 11.7 Å². The molecule has 2 aromatic heterocycles. The second-order valence-corrected chi connectivity index (χ2v) is 8.47. The number of nitrogens with one attached hydrogen (secondary N) is 1. The maximum atomic E-state index is 12.7. The Labute approximate surface area is 200 Å². The Hall–Kier alpha value is -4.11. The minimum absolute atomic E-state index is 0.144. The average Bonchev–Trinajstić information content (AvgIpc) is 3.52. The number of carbonyl (C=O) groups is 1. The summed E-state index contributed by atoms with van der Waals surface area (Å²) in [5, 5.41) is 18.5. The van der Waals surface area contributed by atoms with Gasteiger partial charge in [0.05, 0.1) is 25.6 Å². The number of thioether (sulfide) groups is 1. The Morgan fingerprint density at radius 3 is 2.71 bits per heavy atom. The van der Waals surface area contributed by atoms with E-state index in [0.717, 1.165) is 17.0 Å². The van der Waals surface area contributed by atoms with Crippen molar-refractivity contribution in [3.8, 4) is 11.4 Å². The first-order valence-corrected chi connectivity index (χ1v) is 11.7. The fraction of sp³-hybridized carbons (Fsp3) is 0.120. The molecule has 0 aliphatic heterocycles. The number of aromatic nitrogens is 5. The molecule has 34 heavy (non-hydrogen) atoms. The summed E-state index contributed by atoms with van der Waals surface area (Å²) < 4.78 is 8.84. The second kappa shape index (κ2) is 9.80. The van der Waals surface area contributed by atoms with Crippen LogP contribution in [-0.2, 0) is 11.3 Å². The minimum Gasteiger partial charge on any atom is -0.497 e. The lowest BCUT2D eigenvalue weighted by Gasteiger charge is -2.11. The Morgan fingerprint density at radius 1 is 1.03 bits per heavy atom. The van der Waals surface area contributed by atoms with E-state index in [1.807, 2.05) is 47.0 Å². The molecule has 2 heterocycles. The van der Waals surface area contributed by atoms with Crippen molar-refractivity contribution in [3.05, 3.63) is 90.9 Å². The highest BCUT2D eigenvalue weighted by molar-refractivity contribution is 7.99. The monoisotopic (exact) mass is 470 g/mol. The number of ether oxygens (including phenoxy) is 1. The Kier molecular flexibility index (Phi) is 6.26. The lowest BCUT2D eigenvalue weighted by molar-refractivity contribution is -0.113. The van der Waals surface area contributed by atoms with Gasteiger partial charge in [-0.2, -0.15) is 5.10 Å². The molecular formula is C25H22N6O2S. The predicted molar refractivity (Wildman–Crippen MR) is 133 cm³/mol. The van der Waals surface area contributed by atoms with Crippen molar-refractivity contribution in [1.82, 2.24) is 24.5 Å². The summed E-state index contributed by atoms with van der Waals surface area (Å²) >= 11 is 1.32.